The highest BCUT2D eigenvalue weighted by Crippen LogP contribution is 2.34. The Kier molecular flexibility index (Phi) is 10.3. The van der Waals surface area contributed by atoms with Gasteiger partial charge in [-0.25, -0.2) is 4.79 Å². The average Bonchev–Trinajstić information content (AvgIpc) is 2.88. The largest absolute Gasteiger partial charge is 0.459 e. The second-order valence-electron chi connectivity index (χ2n) is 11.2. The van der Waals surface area contributed by atoms with E-state index in [9.17, 15) is 9.59 Å². The normalized spacial score (nSPS) is 23.6. The van der Waals surface area contributed by atoms with E-state index in [1.54, 1.807) is 11.8 Å². The van der Waals surface area contributed by atoms with Gasteiger partial charge in [-0.15, -0.1) is 0 Å². The summed E-state index contributed by atoms with van der Waals surface area (Å²) in [5, 5.41) is 3.63. The zero-order valence-electron chi connectivity index (χ0n) is 23.9. The summed E-state index contributed by atoms with van der Waals surface area (Å²) < 4.78 is 4.89. The molecule has 1 amide bonds. The first-order valence-electron chi connectivity index (χ1n) is 14.0. The van der Waals surface area contributed by atoms with E-state index in [4.69, 9.17) is 4.74 Å². The molecule has 2 saturated heterocycles. The minimum atomic E-state index is -0.745. The Hall–Kier alpha value is -2.66. The third-order valence-corrected chi connectivity index (χ3v) is 8.04. The van der Waals surface area contributed by atoms with Crippen LogP contribution in [0.15, 0.2) is 36.4 Å². The van der Waals surface area contributed by atoms with Gasteiger partial charge in [0.05, 0.1) is 12.6 Å². The van der Waals surface area contributed by atoms with Gasteiger partial charge in [-0.1, -0.05) is 50.2 Å². The Morgan fingerprint density at radius 3 is 2.00 bits per heavy atom. The molecule has 37 heavy (non-hydrogen) atoms. The first-order chi connectivity index (χ1) is 17.6. The van der Waals surface area contributed by atoms with Crippen molar-refractivity contribution >= 4 is 11.9 Å². The van der Waals surface area contributed by atoms with Crippen LogP contribution < -0.4 is 5.32 Å². The van der Waals surface area contributed by atoms with Crippen LogP contribution in [-0.2, 0) is 14.3 Å². The molecular formula is C32H46N2O3. The Balaban J connectivity index is 0.000000220. The maximum absolute atomic E-state index is 12.4. The molecule has 2 fully saturated rings. The summed E-state index contributed by atoms with van der Waals surface area (Å²) in [5.41, 5.74) is 7.81. The number of rotatable bonds is 3. The van der Waals surface area contributed by atoms with Crippen LogP contribution in [0.1, 0.15) is 91.9 Å². The lowest BCUT2D eigenvalue weighted by Crippen LogP contribution is -2.45. The topological polar surface area (TPSA) is 58.6 Å². The number of nitrogens with one attached hydrogen (secondary N) is 1. The number of piperidine rings is 2. The lowest BCUT2D eigenvalue weighted by Gasteiger charge is -2.38. The SMILES string of the molecule is CCOC(=O)C(=O)N1CC(C)CCC1c1ccc(C)c(C)c1.Cc1ccc(C2CCC(C)CN2)cc1C. The Labute approximate surface area is 224 Å². The van der Waals surface area contributed by atoms with Crippen molar-refractivity contribution in [2.45, 2.75) is 86.2 Å². The standard InChI is InChI=1S/C18H25NO3.C14H21N/c1-5-22-18(21)17(20)19-11-12(2)6-9-16(19)15-8-7-13(3)14(4)10-15;1-10-4-7-14(15-9-10)13-6-5-11(2)12(3)8-13/h7-8,10,12,16H,5-6,9,11H2,1-4H3;5-6,8,10,14-15H,4,7,9H2,1-3H3. The molecular weight excluding hydrogens is 460 g/mol. The van der Waals surface area contributed by atoms with E-state index in [-0.39, 0.29) is 12.6 Å². The van der Waals surface area contributed by atoms with Gasteiger partial charge in [0.15, 0.2) is 0 Å². The summed E-state index contributed by atoms with van der Waals surface area (Å²) in [5.74, 6) is -0.0176. The van der Waals surface area contributed by atoms with Crippen molar-refractivity contribution in [3.8, 4) is 0 Å². The monoisotopic (exact) mass is 506 g/mol. The van der Waals surface area contributed by atoms with Crippen molar-refractivity contribution in [3.05, 3.63) is 69.8 Å². The molecule has 0 spiro atoms. The quantitative estimate of drug-likeness (QED) is 0.380. The summed E-state index contributed by atoms with van der Waals surface area (Å²) in [6.45, 7) is 16.7. The number of hydrogen-bond donors (Lipinski definition) is 1. The number of ether oxygens (including phenoxy) is 1. The second-order valence-corrected chi connectivity index (χ2v) is 11.2. The molecule has 0 radical (unpaired) electrons. The molecule has 4 atom stereocenters. The molecule has 2 aliphatic rings. The van der Waals surface area contributed by atoms with Crippen molar-refractivity contribution in [3.63, 3.8) is 0 Å². The molecule has 5 heteroatoms. The van der Waals surface area contributed by atoms with Crippen LogP contribution in [0.2, 0.25) is 0 Å². The van der Waals surface area contributed by atoms with E-state index in [1.807, 2.05) is 0 Å². The highest BCUT2D eigenvalue weighted by Gasteiger charge is 2.35. The van der Waals surface area contributed by atoms with Crippen LogP contribution in [0.25, 0.3) is 0 Å². The molecule has 0 aliphatic carbocycles. The van der Waals surface area contributed by atoms with Gasteiger partial charge >= 0.3 is 11.9 Å². The van der Waals surface area contributed by atoms with Crippen molar-refractivity contribution in [1.29, 1.82) is 0 Å². The van der Waals surface area contributed by atoms with Crippen LogP contribution in [-0.4, -0.2) is 36.5 Å². The fourth-order valence-electron chi connectivity index (χ4n) is 5.27. The van der Waals surface area contributed by atoms with Crippen LogP contribution in [0.4, 0.5) is 0 Å². The first-order valence-corrected chi connectivity index (χ1v) is 14.0. The van der Waals surface area contributed by atoms with Crippen molar-refractivity contribution in [2.75, 3.05) is 19.7 Å². The second kappa shape index (κ2) is 13.2. The average molecular weight is 507 g/mol. The van der Waals surface area contributed by atoms with Gasteiger partial charge in [-0.05, 0) is 112 Å². The fourth-order valence-corrected chi connectivity index (χ4v) is 5.27. The summed E-state index contributed by atoms with van der Waals surface area (Å²) in [6.07, 6.45) is 4.58. The van der Waals surface area contributed by atoms with Crippen molar-refractivity contribution < 1.29 is 14.3 Å². The predicted octanol–water partition coefficient (Wildman–Crippen LogP) is 6.53. The van der Waals surface area contributed by atoms with E-state index in [0.29, 0.717) is 18.5 Å². The summed E-state index contributed by atoms with van der Waals surface area (Å²) in [7, 11) is 0. The molecule has 2 heterocycles. The lowest BCUT2D eigenvalue weighted by atomic mass is 9.88. The maximum Gasteiger partial charge on any atom is 0.397 e. The van der Waals surface area contributed by atoms with E-state index in [1.165, 1.54) is 40.7 Å². The number of hydrogen-bond acceptors (Lipinski definition) is 4. The molecule has 5 nitrogen and oxygen atoms in total. The molecule has 4 rings (SSSR count). The van der Waals surface area contributed by atoms with E-state index >= 15 is 0 Å². The Morgan fingerprint density at radius 1 is 0.838 bits per heavy atom. The van der Waals surface area contributed by atoms with Gasteiger partial charge in [0.1, 0.15) is 0 Å². The van der Waals surface area contributed by atoms with Gasteiger partial charge in [-0.2, -0.15) is 0 Å². The van der Waals surface area contributed by atoms with E-state index in [0.717, 1.165) is 30.9 Å². The van der Waals surface area contributed by atoms with E-state index in [2.05, 4.69) is 83.3 Å². The Bertz CT molecular complexity index is 1070. The first kappa shape index (κ1) is 28.9. The van der Waals surface area contributed by atoms with Crippen LogP contribution >= 0.6 is 0 Å². The van der Waals surface area contributed by atoms with Gasteiger partial charge in [0.2, 0.25) is 0 Å². The zero-order valence-corrected chi connectivity index (χ0v) is 23.9. The van der Waals surface area contributed by atoms with Gasteiger partial charge in [-0.3, -0.25) is 4.79 Å². The summed E-state index contributed by atoms with van der Waals surface area (Å²) in [6, 6.07) is 13.7. The van der Waals surface area contributed by atoms with Gasteiger partial charge in [0, 0.05) is 12.6 Å². The molecule has 0 aromatic heterocycles. The molecule has 2 aromatic rings. The van der Waals surface area contributed by atoms with Crippen LogP contribution in [0, 0.1) is 39.5 Å². The smallest absolute Gasteiger partial charge is 0.397 e. The molecule has 2 aliphatic heterocycles. The number of likely N-dealkylation sites (tertiary alicyclic amines) is 1. The minimum absolute atomic E-state index is 0.0348. The van der Waals surface area contributed by atoms with Gasteiger partial charge in [0.25, 0.3) is 0 Å². The number of nitrogens with zero attached hydrogens (tertiary/aromatic N) is 1. The molecule has 2 aromatic carbocycles. The summed E-state index contributed by atoms with van der Waals surface area (Å²) >= 11 is 0. The molecule has 202 valence electrons. The Morgan fingerprint density at radius 2 is 1.43 bits per heavy atom. The zero-order chi connectivity index (χ0) is 27.1. The lowest BCUT2D eigenvalue weighted by molar-refractivity contribution is -0.162. The number of amides is 1. The van der Waals surface area contributed by atoms with Crippen molar-refractivity contribution in [2.24, 2.45) is 11.8 Å². The molecule has 4 unspecified atom stereocenters. The maximum atomic E-state index is 12.4. The molecule has 0 bridgehead atoms. The third kappa shape index (κ3) is 7.67. The highest BCUT2D eigenvalue weighted by atomic mass is 16.5. The molecule has 1 N–H and O–H groups in total. The van der Waals surface area contributed by atoms with Crippen molar-refractivity contribution in [1.82, 2.24) is 10.2 Å². The third-order valence-electron chi connectivity index (χ3n) is 8.04. The predicted molar refractivity (Wildman–Crippen MR) is 150 cm³/mol. The number of benzene rings is 2. The number of carbonyl (C=O) groups excluding carboxylic acids is 2. The fraction of sp³-hybridized carbons (Fsp3) is 0.562. The summed E-state index contributed by atoms with van der Waals surface area (Å²) in [4.78, 5) is 25.9. The van der Waals surface area contributed by atoms with Crippen LogP contribution in [0.5, 0.6) is 0 Å². The highest BCUT2D eigenvalue weighted by molar-refractivity contribution is 6.32. The molecule has 0 saturated carbocycles. The number of carbonyl (C=O) groups is 2. The van der Waals surface area contributed by atoms with Gasteiger partial charge < -0.3 is 15.0 Å². The van der Waals surface area contributed by atoms with E-state index < -0.39 is 11.9 Å². The van der Waals surface area contributed by atoms with Crippen LogP contribution in [0.3, 0.4) is 0 Å². The number of aryl methyl sites for hydroxylation is 4. The minimum Gasteiger partial charge on any atom is -0.459 e. The number of esters is 1.